The SMILES string of the molecule is COc1cc(C(C)=O)ccc1OCCCN1CCC([C@H]2Cc3c(ccc4c3OC3(CCCCC3)O4)[C@@H](CNC=O)O2)CC1. The third-order valence-corrected chi connectivity index (χ3v) is 9.54. The van der Waals surface area contributed by atoms with Gasteiger partial charge in [0.05, 0.1) is 19.8 Å². The number of Topliss-reactive ketones (excluding diaryl/α,β-unsaturated/α-hetero) is 1. The molecule has 0 unspecified atom stereocenters. The summed E-state index contributed by atoms with van der Waals surface area (Å²) >= 11 is 0. The zero-order valence-electron chi connectivity index (χ0n) is 25.4. The van der Waals surface area contributed by atoms with Gasteiger partial charge in [-0.05, 0) is 87.9 Å². The zero-order valence-corrected chi connectivity index (χ0v) is 25.4. The predicted octanol–water partition coefficient (Wildman–Crippen LogP) is 5.24. The van der Waals surface area contributed by atoms with E-state index < -0.39 is 5.79 Å². The molecule has 0 bridgehead atoms. The third-order valence-electron chi connectivity index (χ3n) is 9.54. The summed E-state index contributed by atoms with van der Waals surface area (Å²) in [5.41, 5.74) is 2.91. The lowest BCUT2D eigenvalue weighted by molar-refractivity contribution is -0.111. The predicted molar refractivity (Wildman–Crippen MR) is 161 cm³/mol. The van der Waals surface area contributed by atoms with Crippen molar-refractivity contribution in [3.63, 3.8) is 0 Å². The molecular weight excluding hydrogens is 548 g/mol. The average Bonchev–Trinajstić information content (AvgIpc) is 3.40. The molecule has 1 aliphatic carbocycles. The lowest BCUT2D eigenvalue weighted by Gasteiger charge is -2.40. The van der Waals surface area contributed by atoms with Gasteiger partial charge in [0, 0.05) is 43.5 Å². The van der Waals surface area contributed by atoms with Crippen LogP contribution in [0.3, 0.4) is 0 Å². The van der Waals surface area contributed by atoms with Crippen LogP contribution in [-0.4, -0.2) is 68.9 Å². The molecule has 232 valence electrons. The van der Waals surface area contributed by atoms with Crippen LogP contribution in [0.2, 0.25) is 0 Å². The topological polar surface area (TPSA) is 95.6 Å². The molecule has 9 nitrogen and oxygen atoms in total. The fourth-order valence-corrected chi connectivity index (χ4v) is 7.18. The van der Waals surface area contributed by atoms with E-state index >= 15 is 0 Å². The van der Waals surface area contributed by atoms with Gasteiger partial charge in [-0.15, -0.1) is 0 Å². The van der Waals surface area contributed by atoms with E-state index in [0.29, 0.717) is 36.1 Å². The largest absolute Gasteiger partial charge is 0.493 e. The second kappa shape index (κ2) is 13.1. The van der Waals surface area contributed by atoms with E-state index in [1.54, 1.807) is 26.2 Å². The minimum Gasteiger partial charge on any atom is -0.493 e. The van der Waals surface area contributed by atoms with E-state index in [4.69, 9.17) is 23.7 Å². The summed E-state index contributed by atoms with van der Waals surface area (Å²) in [7, 11) is 1.59. The molecule has 2 aromatic rings. The van der Waals surface area contributed by atoms with Gasteiger partial charge in [-0.2, -0.15) is 0 Å². The molecule has 0 radical (unpaired) electrons. The second-order valence-electron chi connectivity index (χ2n) is 12.3. The molecule has 1 spiro atoms. The van der Waals surface area contributed by atoms with Crippen molar-refractivity contribution >= 4 is 12.2 Å². The van der Waals surface area contributed by atoms with E-state index in [1.165, 1.54) is 12.0 Å². The number of benzene rings is 2. The molecule has 3 heterocycles. The number of carbonyl (C=O) groups is 2. The molecule has 2 atom stereocenters. The monoisotopic (exact) mass is 592 g/mol. The maximum Gasteiger partial charge on any atom is 0.251 e. The van der Waals surface area contributed by atoms with Crippen molar-refractivity contribution in [1.82, 2.24) is 10.2 Å². The number of carbonyl (C=O) groups excluding carboxylic acids is 2. The number of methoxy groups -OCH3 is 1. The minimum atomic E-state index is -0.516. The number of ether oxygens (including phenoxy) is 5. The summed E-state index contributed by atoms with van der Waals surface area (Å²) in [4.78, 5) is 25.3. The van der Waals surface area contributed by atoms with Crippen molar-refractivity contribution in [2.45, 2.75) is 82.7 Å². The minimum absolute atomic E-state index is 0.00309. The lowest BCUT2D eigenvalue weighted by atomic mass is 9.83. The van der Waals surface area contributed by atoms with E-state index in [-0.39, 0.29) is 18.0 Å². The Balaban J connectivity index is 1.04. The fraction of sp³-hybridized carbons (Fsp3) is 0.588. The first kappa shape index (κ1) is 29.8. The van der Waals surface area contributed by atoms with Gasteiger partial charge in [-0.1, -0.05) is 12.5 Å². The summed E-state index contributed by atoms with van der Waals surface area (Å²) < 4.78 is 31.2. The van der Waals surface area contributed by atoms with E-state index in [9.17, 15) is 9.59 Å². The molecule has 3 aliphatic heterocycles. The maximum absolute atomic E-state index is 11.7. The molecule has 6 rings (SSSR count). The molecule has 1 amide bonds. The van der Waals surface area contributed by atoms with E-state index in [0.717, 1.165) is 94.5 Å². The molecule has 1 saturated carbocycles. The van der Waals surface area contributed by atoms with Gasteiger partial charge in [0.1, 0.15) is 6.10 Å². The summed E-state index contributed by atoms with van der Waals surface area (Å²) in [6.07, 6.45) is 9.78. The molecule has 1 saturated heterocycles. The number of hydrogen-bond donors (Lipinski definition) is 1. The molecule has 2 fully saturated rings. The summed E-state index contributed by atoms with van der Waals surface area (Å²) in [5.74, 6) is 2.92. The average molecular weight is 593 g/mol. The molecular formula is C34H44N2O7. The Kier molecular flexibility index (Phi) is 9.09. The van der Waals surface area contributed by atoms with Gasteiger partial charge in [-0.3, -0.25) is 9.59 Å². The number of rotatable bonds is 11. The Hall–Kier alpha value is -3.30. The number of fused-ring (bicyclic) bond motifs is 3. The third kappa shape index (κ3) is 6.48. The number of piperidine rings is 1. The Morgan fingerprint density at radius 3 is 2.65 bits per heavy atom. The lowest BCUT2D eigenvalue weighted by Crippen LogP contribution is -2.43. The first-order valence-corrected chi connectivity index (χ1v) is 15.9. The molecule has 9 heteroatoms. The highest BCUT2D eigenvalue weighted by Gasteiger charge is 2.46. The maximum atomic E-state index is 11.7. The Labute approximate surface area is 254 Å². The smallest absolute Gasteiger partial charge is 0.251 e. The number of ketones is 1. The van der Waals surface area contributed by atoms with Gasteiger partial charge >= 0.3 is 0 Å². The van der Waals surface area contributed by atoms with Crippen LogP contribution < -0.4 is 24.3 Å². The van der Waals surface area contributed by atoms with Crippen molar-refractivity contribution in [3.8, 4) is 23.0 Å². The second-order valence-corrected chi connectivity index (χ2v) is 12.3. The van der Waals surface area contributed by atoms with Crippen LogP contribution in [0.5, 0.6) is 23.0 Å². The van der Waals surface area contributed by atoms with Crippen LogP contribution in [0.15, 0.2) is 30.3 Å². The first-order chi connectivity index (χ1) is 21.0. The van der Waals surface area contributed by atoms with Crippen LogP contribution in [0.1, 0.15) is 85.9 Å². The van der Waals surface area contributed by atoms with Crippen LogP contribution >= 0.6 is 0 Å². The highest BCUT2D eigenvalue weighted by molar-refractivity contribution is 5.94. The summed E-state index contributed by atoms with van der Waals surface area (Å²) in [6.45, 7) is 5.56. The molecule has 0 aromatic heterocycles. The Bertz CT molecular complexity index is 1300. The van der Waals surface area contributed by atoms with Crippen LogP contribution in [0.4, 0.5) is 0 Å². The quantitative estimate of drug-likeness (QED) is 0.215. The van der Waals surface area contributed by atoms with Gasteiger partial charge < -0.3 is 33.9 Å². The fourth-order valence-electron chi connectivity index (χ4n) is 7.18. The Morgan fingerprint density at radius 1 is 1.09 bits per heavy atom. The first-order valence-electron chi connectivity index (χ1n) is 15.9. The number of likely N-dealkylation sites (tertiary alicyclic amines) is 1. The van der Waals surface area contributed by atoms with Gasteiger partial charge in [0.2, 0.25) is 6.41 Å². The Morgan fingerprint density at radius 2 is 1.91 bits per heavy atom. The van der Waals surface area contributed by atoms with Crippen molar-refractivity contribution in [3.05, 3.63) is 47.0 Å². The normalized spacial score (nSPS) is 23.0. The number of nitrogens with one attached hydrogen (secondary N) is 1. The van der Waals surface area contributed by atoms with Crippen molar-refractivity contribution in [1.29, 1.82) is 0 Å². The summed E-state index contributed by atoms with van der Waals surface area (Å²) in [5, 5.41) is 2.85. The van der Waals surface area contributed by atoms with Gasteiger partial charge in [-0.25, -0.2) is 0 Å². The van der Waals surface area contributed by atoms with Gasteiger partial charge in [0.25, 0.3) is 5.79 Å². The van der Waals surface area contributed by atoms with Crippen LogP contribution in [0, 0.1) is 5.92 Å². The number of nitrogens with zero attached hydrogens (tertiary/aromatic N) is 1. The van der Waals surface area contributed by atoms with E-state index in [1.807, 2.05) is 12.1 Å². The van der Waals surface area contributed by atoms with Crippen LogP contribution in [-0.2, 0) is 16.0 Å². The van der Waals surface area contributed by atoms with E-state index in [2.05, 4.69) is 16.3 Å². The molecule has 2 aromatic carbocycles. The zero-order chi connectivity index (χ0) is 29.8. The number of amides is 1. The summed E-state index contributed by atoms with van der Waals surface area (Å²) in [6, 6.07) is 9.44. The van der Waals surface area contributed by atoms with Crippen molar-refractivity contribution in [2.24, 2.45) is 5.92 Å². The standard InChI is InChI=1S/C34H44N2O7/c1-23(38)25-7-9-28(31(19-25)39-2)40-18-6-15-36-16-11-24(12-17-36)30-20-27-26(32(41-30)21-35-22-37)8-10-29-33(27)43-34(42-29)13-4-3-5-14-34/h7-10,19,22,24,30,32H,3-6,11-18,20-21H2,1-2H3,(H,35,37)/t30-,32-/m1/s1. The van der Waals surface area contributed by atoms with Crippen LogP contribution in [0.25, 0.3) is 0 Å². The molecule has 1 N–H and O–H groups in total. The highest BCUT2D eigenvalue weighted by Crippen LogP contribution is 2.51. The van der Waals surface area contributed by atoms with Crippen molar-refractivity contribution < 1.29 is 33.3 Å². The highest BCUT2D eigenvalue weighted by atomic mass is 16.7. The molecule has 4 aliphatic rings. The van der Waals surface area contributed by atoms with Crippen molar-refractivity contribution in [2.75, 3.05) is 39.9 Å². The number of hydrogen-bond acceptors (Lipinski definition) is 8. The molecule has 43 heavy (non-hydrogen) atoms. The van der Waals surface area contributed by atoms with Gasteiger partial charge in [0.15, 0.2) is 28.8 Å².